The molecule has 0 saturated heterocycles. The average molecular weight is 450 g/mol. The summed E-state index contributed by atoms with van der Waals surface area (Å²) in [6.07, 6.45) is 2.19. The van der Waals surface area contributed by atoms with E-state index in [0.717, 1.165) is 24.8 Å². The van der Waals surface area contributed by atoms with Crippen molar-refractivity contribution in [3.05, 3.63) is 53.1 Å². The first-order chi connectivity index (χ1) is 14.6. The van der Waals surface area contributed by atoms with Crippen molar-refractivity contribution in [2.24, 2.45) is 0 Å². The average Bonchev–Trinajstić information content (AvgIpc) is 3.24. The summed E-state index contributed by atoms with van der Waals surface area (Å²) in [6, 6.07) is 11.7. The maximum Gasteiger partial charge on any atom is 0.344 e. The van der Waals surface area contributed by atoms with Gasteiger partial charge in [0.1, 0.15) is 5.75 Å². The molecule has 2 atom stereocenters. The maximum atomic E-state index is 11.5. The number of aryl methyl sites for hydroxylation is 1. The number of aliphatic hydroxyl groups is 1. The van der Waals surface area contributed by atoms with Crippen molar-refractivity contribution in [3.8, 4) is 17.2 Å². The number of rotatable bonds is 8. The van der Waals surface area contributed by atoms with Gasteiger partial charge in [-0.25, -0.2) is 4.79 Å². The highest BCUT2D eigenvalue weighted by Crippen LogP contribution is 2.34. The van der Waals surface area contributed by atoms with Crippen molar-refractivity contribution in [1.82, 2.24) is 5.32 Å². The molecule has 31 heavy (non-hydrogen) atoms. The Labute approximate surface area is 188 Å². The van der Waals surface area contributed by atoms with Crippen molar-refractivity contribution in [1.29, 1.82) is 0 Å². The van der Waals surface area contributed by atoms with Crippen molar-refractivity contribution in [2.75, 3.05) is 26.6 Å². The number of carbonyl (C=O) groups is 1. The van der Waals surface area contributed by atoms with Crippen LogP contribution in [0.2, 0.25) is 0 Å². The summed E-state index contributed by atoms with van der Waals surface area (Å²) < 4.78 is 21.2. The molecule has 1 aliphatic heterocycles. The molecule has 2 N–H and O–H groups in total. The Bertz CT molecular complexity index is 906. The van der Waals surface area contributed by atoms with Crippen molar-refractivity contribution in [2.45, 2.75) is 38.3 Å². The highest BCUT2D eigenvalue weighted by Gasteiger charge is 2.21. The molecule has 0 bridgehead atoms. The van der Waals surface area contributed by atoms with Crippen LogP contribution in [0.4, 0.5) is 0 Å². The molecule has 7 nitrogen and oxygen atoms in total. The lowest BCUT2D eigenvalue weighted by atomic mass is 9.88. The minimum absolute atomic E-state index is 0. The Morgan fingerprint density at radius 3 is 2.87 bits per heavy atom. The molecule has 0 spiro atoms. The Morgan fingerprint density at radius 1 is 1.19 bits per heavy atom. The molecular formula is C23H28ClNO6. The molecule has 0 unspecified atom stereocenters. The standard InChI is InChI=1S/C23H27NO6.ClH/c1-2-27-23(26)13-28-19-7-4-15-3-6-18(9-17(15)10-19)24-12-20(25)16-5-8-21-22(11-16)30-14-29-21;/h4-5,7-8,10-11,18,20,24-25H,2-3,6,9,12-14H2,1H3;1H/t18-,20+;/m0./s1. The van der Waals surface area contributed by atoms with Crippen LogP contribution >= 0.6 is 12.4 Å². The molecule has 168 valence electrons. The number of halogens is 1. The van der Waals surface area contributed by atoms with E-state index in [0.29, 0.717) is 30.4 Å². The number of ether oxygens (including phenoxy) is 4. The zero-order valence-electron chi connectivity index (χ0n) is 17.5. The molecule has 4 rings (SSSR count). The maximum absolute atomic E-state index is 11.5. The molecule has 1 heterocycles. The van der Waals surface area contributed by atoms with Gasteiger partial charge in [0.25, 0.3) is 0 Å². The molecular weight excluding hydrogens is 422 g/mol. The van der Waals surface area contributed by atoms with Crippen LogP contribution in [0.5, 0.6) is 17.2 Å². The largest absolute Gasteiger partial charge is 0.482 e. The zero-order chi connectivity index (χ0) is 20.9. The SMILES string of the molecule is CCOC(=O)COc1ccc2c(c1)C[C@@H](NC[C@@H](O)c1ccc3c(c1)OCO3)CC2.Cl. The van der Waals surface area contributed by atoms with Crippen LogP contribution in [0.25, 0.3) is 0 Å². The van der Waals surface area contributed by atoms with E-state index in [1.54, 1.807) is 6.92 Å². The second kappa shape index (κ2) is 10.7. The van der Waals surface area contributed by atoms with Crippen LogP contribution in [0.1, 0.15) is 36.1 Å². The third kappa shape index (κ3) is 5.81. The Morgan fingerprint density at radius 2 is 2.03 bits per heavy atom. The number of carbonyl (C=O) groups excluding carboxylic acids is 1. The number of hydrogen-bond acceptors (Lipinski definition) is 7. The number of benzene rings is 2. The highest BCUT2D eigenvalue weighted by molar-refractivity contribution is 5.85. The van der Waals surface area contributed by atoms with Gasteiger partial charge in [-0.15, -0.1) is 12.4 Å². The van der Waals surface area contributed by atoms with Crippen LogP contribution in [0.3, 0.4) is 0 Å². The van der Waals surface area contributed by atoms with Gasteiger partial charge in [-0.2, -0.15) is 0 Å². The predicted molar refractivity (Wildman–Crippen MR) is 117 cm³/mol. The molecule has 2 aliphatic rings. The van der Waals surface area contributed by atoms with E-state index in [9.17, 15) is 9.90 Å². The molecule has 2 aromatic rings. The number of nitrogens with one attached hydrogen (secondary N) is 1. The van der Waals surface area contributed by atoms with E-state index in [-0.39, 0.29) is 37.8 Å². The van der Waals surface area contributed by atoms with Crippen LogP contribution < -0.4 is 19.5 Å². The van der Waals surface area contributed by atoms with Crippen LogP contribution in [0, 0.1) is 0 Å². The number of esters is 1. The van der Waals surface area contributed by atoms with Gasteiger partial charge in [-0.05, 0) is 67.1 Å². The fourth-order valence-corrected chi connectivity index (χ4v) is 3.86. The zero-order valence-corrected chi connectivity index (χ0v) is 18.3. The van der Waals surface area contributed by atoms with E-state index < -0.39 is 6.10 Å². The van der Waals surface area contributed by atoms with Crippen molar-refractivity contribution < 1.29 is 28.8 Å². The minimum atomic E-state index is -0.625. The van der Waals surface area contributed by atoms with Gasteiger partial charge in [0, 0.05) is 12.6 Å². The molecule has 0 fully saturated rings. The van der Waals surface area contributed by atoms with Gasteiger partial charge in [-0.1, -0.05) is 12.1 Å². The van der Waals surface area contributed by atoms with Gasteiger partial charge in [0.2, 0.25) is 6.79 Å². The normalized spacial score (nSPS) is 17.3. The lowest BCUT2D eigenvalue weighted by Gasteiger charge is -2.27. The number of aliphatic hydroxyl groups excluding tert-OH is 1. The monoisotopic (exact) mass is 449 g/mol. The molecule has 0 aromatic heterocycles. The highest BCUT2D eigenvalue weighted by atomic mass is 35.5. The van der Waals surface area contributed by atoms with Crippen molar-refractivity contribution in [3.63, 3.8) is 0 Å². The first kappa shape index (κ1) is 23.2. The van der Waals surface area contributed by atoms with Gasteiger partial charge in [0.05, 0.1) is 12.7 Å². The van der Waals surface area contributed by atoms with E-state index in [4.69, 9.17) is 18.9 Å². The quantitative estimate of drug-likeness (QED) is 0.599. The fraction of sp³-hybridized carbons (Fsp3) is 0.435. The topological polar surface area (TPSA) is 86.3 Å². The van der Waals surface area contributed by atoms with Gasteiger partial charge in [-0.3, -0.25) is 0 Å². The lowest BCUT2D eigenvalue weighted by Crippen LogP contribution is -2.37. The van der Waals surface area contributed by atoms with Gasteiger partial charge in [0.15, 0.2) is 18.1 Å². The third-order valence-electron chi connectivity index (χ3n) is 5.45. The molecule has 1 aliphatic carbocycles. The molecule has 0 saturated carbocycles. The minimum Gasteiger partial charge on any atom is -0.482 e. The summed E-state index contributed by atoms with van der Waals surface area (Å²) in [7, 11) is 0. The Balaban J connectivity index is 0.00000272. The van der Waals surface area contributed by atoms with E-state index in [1.165, 1.54) is 11.1 Å². The summed E-state index contributed by atoms with van der Waals surface area (Å²) in [5.41, 5.74) is 3.31. The first-order valence-electron chi connectivity index (χ1n) is 10.3. The van der Waals surface area contributed by atoms with Crippen LogP contribution in [-0.2, 0) is 22.4 Å². The van der Waals surface area contributed by atoms with Crippen LogP contribution in [-0.4, -0.2) is 43.7 Å². The summed E-state index contributed by atoms with van der Waals surface area (Å²) in [5.74, 6) is 1.69. The van der Waals surface area contributed by atoms with E-state index in [1.807, 2.05) is 30.3 Å². The van der Waals surface area contributed by atoms with Crippen LogP contribution in [0.15, 0.2) is 36.4 Å². The summed E-state index contributed by atoms with van der Waals surface area (Å²) in [4.78, 5) is 11.5. The lowest BCUT2D eigenvalue weighted by molar-refractivity contribution is -0.145. The fourth-order valence-electron chi connectivity index (χ4n) is 3.86. The molecule has 0 amide bonds. The first-order valence-corrected chi connectivity index (χ1v) is 10.3. The smallest absolute Gasteiger partial charge is 0.344 e. The van der Waals surface area contributed by atoms with E-state index >= 15 is 0 Å². The molecule has 2 aromatic carbocycles. The summed E-state index contributed by atoms with van der Waals surface area (Å²) >= 11 is 0. The molecule has 8 heteroatoms. The predicted octanol–water partition coefficient (Wildman–Crippen LogP) is 2.96. The second-order valence-electron chi connectivity index (χ2n) is 7.50. The third-order valence-corrected chi connectivity index (χ3v) is 5.45. The molecule has 0 radical (unpaired) electrons. The number of hydrogen-bond donors (Lipinski definition) is 2. The Hall–Kier alpha value is -2.48. The Kier molecular flexibility index (Phi) is 8.01. The second-order valence-corrected chi connectivity index (χ2v) is 7.50. The number of fused-ring (bicyclic) bond motifs is 2. The summed E-state index contributed by atoms with van der Waals surface area (Å²) in [6.45, 7) is 2.71. The van der Waals surface area contributed by atoms with Gasteiger partial charge >= 0.3 is 5.97 Å². The summed E-state index contributed by atoms with van der Waals surface area (Å²) in [5, 5.41) is 14.0. The van der Waals surface area contributed by atoms with Crippen molar-refractivity contribution >= 4 is 18.4 Å². The van der Waals surface area contributed by atoms with E-state index in [2.05, 4.69) is 11.4 Å². The van der Waals surface area contributed by atoms with Gasteiger partial charge < -0.3 is 29.4 Å².